The van der Waals surface area contributed by atoms with E-state index < -0.39 is 5.97 Å². The number of benzene rings is 3. The van der Waals surface area contributed by atoms with Gasteiger partial charge in [0.1, 0.15) is 18.2 Å². The Balaban J connectivity index is 1.56. The summed E-state index contributed by atoms with van der Waals surface area (Å²) < 4.78 is 25.7. The highest BCUT2D eigenvalue weighted by atomic mass is 79.9. The Morgan fingerprint density at radius 2 is 1.74 bits per heavy atom. The molecule has 3 aromatic rings. The highest BCUT2D eigenvalue weighted by Crippen LogP contribution is 2.36. The van der Waals surface area contributed by atoms with Gasteiger partial charge in [0, 0.05) is 5.56 Å². The SMILES string of the molecule is Cc1ccccc1C1=N/C(=C\c2cc(Br)c(OCc3ccc(F)cc3)c(Br)c2)C(=O)O1. The zero-order valence-electron chi connectivity index (χ0n) is 16.4. The molecule has 0 atom stereocenters. The summed E-state index contributed by atoms with van der Waals surface area (Å²) in [5, 5.41) is 0. The maximum atomic E-state index is 13.1. The minimum absolute atomic E-state index is 0.219. The van der Waals surface area contributed by atoms with E-state index in [9.17, 15) is 9.18 Å². The van der Waals surface area contributed by atoms with E-state index in [1.165, 1.54) is 12.1 Å². The summed E-state index contributed by atoms with van der Waals surface area (Å²) in [6, 6.07) is 17.4. The number of nitrogens with zero attached hydrogens (tertiary/aromatic N) is 1. The van der Waals surface area contributed by atoms with E-state index >= 15 is 0 Å². The summed E-state index contributed by atoms with van der Waals surface area (Å²) in [6.07, 6.45) is 1.66. The molecule has 0 amide bonds. The molecule has 0 radical (unpaired) electrons. The molecule has 4 rings (SSSR count). The first-order valence-electron chi connectivity index (χ1n) is 9.35. The first kappa shape index (κ1) is 21.5. The maximum Gasteiger partial charge on any atom is 0.363 e. The number of cyclic esters (lactones) is 1. The highest BCUT2D eigenvalue weighted by molar-refractivity contribution is 9.11. The summed E-state index contributed by atoms with van der Waals surface area (Å²) in [4.78, 5) is 16.7. The van der Waals surface area contributed by atoms with Gasteiger partial charge < -0.3 is 9.47 Å². The van der Waals surface area contributed by atoms with Gasteiger partial charge in [-0.3, -0.25) is 0 Å². The minimum atomic E-state index is -0.498. The zero-order chi connectivity index (χ0) is 22.0. The molecule has 0 bridgehead atoms. The van der Waals surface area contributed by atoms with E-state index in [1.807, 2.05) is 43.3 Å². The lowest BCUT2D eigenvalue weighted by molar-refractivity contribution is -0.129. The molecular weight excluding hydrogens is 529 g/mol. The number of hydrogen-bond acceptors (Lipinski definition) is 4. The average Bonchev–Trinajstić information content (AvgIpc) is 3.09. The molecule has 0 saturated carbocycles. The second-order valence-corrected chi connectivity index (χ2v) is 8.59. The Morgan fingerprint density at radius 1 is 1.06 bits per heavy atom. The van der Waals surface area contributed by atoms with Crippen LogP contribution in [-0.2, 0) is 16.1 Å². The molecule has 0 spiro atoms. The topological polar surface area (TPSA) is 47.9 Å². The predicted octanol–water partition coefficient (Wildman–Crippen LogP) is 6.58. The molecule has 0 aromatic heterocycles. The van der Waals surface area contributed by atoms with Gasteiger partial charge in [-0.1, -0.05) is 30.3 Å². The Hall–Kier alpha value is -2.77. The van der Waals surface area contributed by atoms with Crippen molar-refractivity contribution in [2.75, 3.05) is 0 Å². The number of aliphatic imine (C=N–C) groups is 1. The van der Waals surface area contributed by atoms with Crippen LogP contribution in [0.3, 0.4) is 0 Å². The third-order valence-corrected chi connectivity index (χ3v) is 5.79. The van der Waals surface area contributed by atoms with Crippen molar-refractivity contribution >= 4 is 49.8 Å². The molecule has 1 aliphatic rings. The van der Waals surface area contributed by atoms with E-state index in [2.05, 4.69) is 36.9 Å². The van der Waals surface area contributed by atoms with Crippen LogP contribution >= 0.6 is 31.9 Å². The van der Waals surface area contributed by atoms with Crippen LogP contribution in [0.2, 0.25) is 0 Å². The number of carbonyl (C=O) groups excluding carboxylic acids is 1. The number of hydrogen-bond donors (Lipinski definition) is 0. The summed E-state index contributed by atoms with van der Waals surface area (Å²) in [6.45, 7) is 2.22. The highest BCUT2D eigenvalue weighted by Gasteiger charge is 2.25. The van der Waals surface area contributed by atoms with Crippen LogP contribution in [0.4, 0.5) is 4.39 Å². The summed E-state index contributed by atoms with van der Waals surface area (Å²) in [5.41, 5.74) is 3.57. The van der Waals surface area contributed by atoms with Gasteiger partial charge in [-0.15, -0.1) is 0 Å². The van der Waals surface area contributed by atoms with Crippen molar-refractivity contribution in [2.45, 2.75) is 13.5 Å². The fourth-order valence-corrected chi connectivity index (χ4v) is 4.48. The van der Waals surface area contributed by atoms with E-state index in [0.29, 0.717) is 20.6 Å². The Kier molecular flexibility index (Phi) is 6.34. The van der Waals surface area contributed by atoms with Crippen molar-refractivity contribution in [1.29, 1.82) is 0 Å². The molecule has 4 nitrogen and oxygen atoms in total. The molecule has 31 heavy (non-hydrogen) atoms. The molecule has 7 heteroatoms. The normalized spacial score (nSPS) is 14.5. The van der Waals surface area contributed by atoms with Gasteiger partial charge in [-0.2, -0.15) is 0 Å². The van der Waals surface area contributed by atoms with Crippen LogP contribution in [0.1, 0.15) is 22.3 Å². The fraction of sp³-hybridized carbons (Fsp3) is 0.0833. The van der Waals surface area contributed by atoms with Gasteiger partial charge in [0.2, 0.25) is 5.90 Å². The molecule has 156 valence electrons. The number of aryl methyl sites for hydroxylation is 1. The molecule has 0 N–H and O–H groups in total. The van der Waals surface area contributed by atoms with Crippen LogP contribution in [0.15, 0.2) is 80.3 Å². The molecule has 0 fully saturated rings. The molecule has 0 unspecified atom stereocenters. The number of ether oxygens (including phenoxy) is 2. The molecule has 3 aromatic carbocycles. The van der Waals surface area contributed by atoms with Gasteiger partial charge in [0.05, 0.1) is 8.95 Å². The minimum Gasteiger partial charge on any atom is -0.487 e. The second-order valence-electron chi connectivity index (χ2n) is 6.88. The molecule has 0 aliphatic carbocycles. The van der Waals surface area contributed by atoms with Crippen molar-refractivity contribution in [1.82, 2.24) is 0 Å². The molecule has 0 saturated heterocycles. The Morgan fingerprint density at radius 3 is 2.42 bits per heavy atom. The third-order valence-electron chi connectivity index (χ3n) is 4.62. The van der Waals surface area contributed by atoms with Crippen molar-refractivity contribution in [3.8, 4) is 5.75 Å². The molecule has 1 aliphatic heterocycles. The average molecular weight is 545 g/mol. The molecular formula is C24H16Br2FNO3. The van der Waals surface area contributed by atoms with E-state index in [0.717, 1.165) is 22.3 Å². The monoisotopic (exact) mass is 543 g/mol. The van der Waals surface area contributed by atoms with Gasteiger partial charge in [0.25, 0.3) is 0 Å². The van der Waals surface area contributed by atoms with E-state index in [1.54, 1.807) is 18.2 Å². The van der Waals surface area contributed by atoms with Crippen LogP contribution in [0, 0.1) is 12.7 Å². The van der Waals surface area contributed by atoms with Crippen LogP contribution in [-0.4, -0.2) is 11.9 Å². The standard InChI is InChI=1S/C24H16Br2FNO3/c1-14-4-2-3-5-18(14)23-28-21(24(29)31-23)12-16-10-19(25)22(20(26)11-16)30-13-15-6-8-17(27)9-7-15/h2-12H,13H2,1H3/b21-12-. The van der Waals surface area contributed by atoms with Crippen molar-refractivity contribution in [3.05, 3.63) is 103 Å². The predicted molar refractivity (Wildman–Crippen MR) is 124 cm³/mol. The third kappa shape index (κ3) is 4.94. The van der Waals surface area contributed by atoms with Crippen molar-refractivity contribution in [2.24, 2.45) is 4.99 Å². The lowest BCUT2D eigenvalue weighted by Crippen LogP contribution is -2.06. The quantitative estimate of drug-likeness (QED) is 0.269. The number of rotatable bonds is 5. The number of esters is 1. The number of carbonyl (C=O) groups is 1. The first-order chi connectivity index (χ1) is 14.9. The summed E-state index contributed by atoms with van der Waals surface area (Å²) in [5.74, 6) is 0.112. The zero-order valence-corrected chi connectivity index (χ0v) is 19.5. The lowest BCUT2D eigenvalue weighted by atomic mass is 10.1. The molecule has 1 heterocycles. The van der Waals surface area contributed by atoms with E-state index in [-0.39, 0.29) is 18.1 Å². The lowest BCUT2D eigenvalue weighted by Gasteiger charge is -2.11. The van der Waals surface area contributed by atoms with Gasteiger partial charge in [-0.05, 0) is 91.9 Å². The van der Waals surface area contributed by atoms with Crippen molar-refractivity contribution < 1.29 is 18.7 Å². The van der Waals surface area contributed by atoms with Crippen molar-refractivity contribution in [3.63, 3.8) is 0 Å². The van der Waals surface area contributed by atoms with Gasteiger partial charge >= 0.3 is 5.97 Å². The first-order valence-corrected chi connectivity index (χ1v) is 10.9. The fourth-order valence-electron chi connectivity index (χ4n) is 3.03. The Bertz CT molecular complexity index is 1200. The summed E-state index contributed by atoms with van der Waals surface area (Å²) >= 11 is 7.02. The smallest absolute Gasteiger partial charge is 0.363 e. The second kappa shape index (κ2) is 9.16. The van der Waals surface area contributed by atoms with Crippen LogP contribution in [0.5, 0.6) is 5.75 Å². The van der Waals surface area contributed by atoms with E-state index in [4.69, 9.17) is 9.47 Å². The largest absolute Gasteiger partial charge is 0.487 e. The Labute approximate surface area is 195 Å². The van der Waals surface area contributed by atoms with Gasteiger partial charge in [-0.25, -0.2) is 14.2 Å². The van der Waals surface area contributed by atoms with Gasteiger partial charge in [0.15, 0.2) is 5.70 Å². The maximum absolute atomic E-state index is 13.1. The number of halogens is 3. The van der Waals surface area contributed by atoms with Crippen LogP contribution in [0.25, 0.3) is 6.08 Å². The summed E-state index contributed by atoms with van der Waals surface area (Å²) in [7, 11) is 0. The van der Waals surface area contributed by atoms with Crippen LogP contribution < -0.4 is 4.74 Å².